The van der Waals surface area contributed by atoms with Crippen molar-refractivity contribution < 1.29 is 18.7 Å². The van der Waals surface area contributed by atoms with Gasteiger partial charge < -0.3 is 15.4 Å². The van der Waals surface area contributed by atoms with Crippen LogP contribution in [0.2, 0.25) is 5.02 Å². The van der Waals surface area contributed by atoms with Crippen molar-refractivity contribution in [2.75, 3.05) is 6.61 Å². The molecule has 28 heavy (non-hydrogen) atoms. The lowest BCUT2D eigenvalue weighted by Crippen LogP contribution is -2.78. The number of aromatic nitrogens is 2. The topological polar surface area (TPSA) is 93.2 Å². The van der Waals surface area contributed by atoms with Crippen molar-refractivity contribution in [3.05, 3.63) is 53.1 Å². The number of carbonyl (C=O) groups excluding carboxylic acids is 2. The average Bonchev–Trinajstić information content (AvgIpc) is 2.63. The Morgan fingerprint density at radius 1 is 1.25 bits per heavy atom. The van der Waals surface area contributed by atoms with Crippen molar-refractivity contribution in [1.82, 2.24) is 20.8 Å². The minimum Gasteiger partial charge on any atom is -0.484 e. The van der Waals surface area contributed by atoms with Crippen molar-refractivity contribution in [1.29, 1.82) is 0 Å². The Labute approximate surface area is 165 Å². The molecule has 0 atom stereocenters. The number of hydrogen-bond acceptors (Lipinski definition) is 5. The van der Waals surface area contributed by atoms with Crippen LogP contribution >= 0.6 is 11.6 Å². The Balaban J connectivity index is 1.21. The molecule has 2 N–H and O–H groups in total. The van der Waals surface area contributed by atoms with E-state index in [0.717, 1.165) is 6.07 Å². The molecule has 2 bridgehead atoms. The van der Waals surface area contributed by atoms with Crippen LogP contribution in [-0.2, 0) is 16.1 Å². The molecular formula is C19H18ClFN4O3. The van der Waals surface area contributed by atoms with Gasteiger partial charge in [0.15, 0.2) is 6.61 Å². The smallest absolute Gasteiger partial charge is 0.258 e. The first-order valence-electron chi connectivity index (χ1n) is 8.84. The molecule has 146 valence electrons. The van der Waals surface area contributed by atoms with Crippen molar-refractivity contribution in [2.24, 2.45) is 5.41 Å². The highest BCUT2D eigenvalue weighted by Gasteiger charge is 2.72. The summed E-state index contributed by atoms with van der Waals surface area (Å²) in [4.78, 5) is 24.5. The second-order valence-corrected chi connectivity index (χ2v) is 7.81. The number of carbonyl (C=O) groups is 2. The SMILES string of the molecule is O=C(COc1ccc(Cl)c(F)c1)NC12CC(C(=O)NCc3cccnn3)(C1)C2. The molecule has 1 aromatic carbocycles. The van der Waals surface area contributed by atoms with Gasteiger partial charge in [-0.15, -0.1) is 0 Å². The maximum atomic E-state index is 13.4. The predicted octanol–water partition coefficient (Wildman–Crippen LogP) is 2.00. The summed E-state index contributed by atoms with van der Waals surface area (Å²) in [6.07, 6.45) is 3.39. The largest absolute Gasteiger partial charge is 0.484 e. The highest BCUT2D eigenvalue weighted by molar-refractivity contribution is 6.30. The van der Waals surface area contributed by atoms with Crippen LogP contribution in [0.15, 0.2) is 36.5 Å². The van der Waals surface area contributed by atoms with E-state index in [2.05, 4.69) is 20.8 Å². The molecule has 1 heterocycles. The molecule has 0 saturated heterocycles. The minimum absolute atomic E-state index is 0.00597. The third-order valence-corrected chi connectivity index (χ3v) is 5.54. The predicted molar refractivity (Wildman–Crippen MR) is 97.9 cm³/mol. The van der Waals surface area contributed by atoms with Gasteiger partial charge in [-0.2, -0.15) is 10.2 Å². The zero-order chi connectivity index (χ0) is 19.8. The normalized spacial score (nSPS) is 24.5. The number of amides is 2. The van der Waals surface area contributed by atoms with E-state index in [1.807, 2.05) is 0 Å². The standard InChI is InChI=1S/C19H18ClFN4O3/c20-14-4-3-13(6-15(14)21)28-8-16(26)24-19-9-18(10-19,11-19)17(27)22-7-12-2-1-5-23-25-12/h1-6H,7-11H2,(H,22,27)(H,24,26). The summed E-state index contributed by atoms with van der Waals surface area (Å²) in [5, 5.41) is 13.5. The molecule has 9 heteroatoms. The van der Waals surface area contributed by atoms with Gasteiger partial charge in [-0.3, -0.25) is 9.59 Å². The van der Waals surface area contributed by atoms with Crippen molar-refractivity contribution in [3.8, 4) is 5.75 Å². The van der Waals surface area contributed by atoms with E-state index in [4.69, 9.17) is 16.3 Å². The molecule has 3 aliphatic rings. The first-order chi connectivity index (χ1) is 13.4. The number of hydrogen-bond donors (Lipinski definition) is 2. The van der Waals surface area contributed by atoms with E-state index >= 15 is 0 Å². The Morgan fingerprint density at radius 2 is 2.04 bits per heavy atom. The number of halogens is 2. The number of nitrogens with zero attached hydrogens (tertiary/aromatic N) is 2. The van der Waals surface area contributed by atoms with Gasteiger partial charge in [-0.05, 0) is 43.5 Å². The fourth-order valence-corrected chi connectivity index (χ4v) is 4.11. The molecule has 0 unspecified atom stereocenters. The molecule has 2 amide bonds. The third-order valence-electron chi connectivity index (χ3n) is 5.24. The van der Waals surface area contributed by atoms with E-state index in [9.17, 15) is 14.0 Å². The molecule has 3 aliphatic carbocycles. The first kappa shape index (κ1) is 18.6. The number of nitrogens with one attached hydrogen (secondary N) is 2. The molecule has 7 nitrogen and oxygen atoms in total. The molecular weight excluding hydrogens is 387 g/mol. The summed E-state index contributed by atoms with van der Waals surface area (Å²) in [6, 6.07) is 7.56. The molecule has 2 aromatic rings. The van der Waals surface area contributed by atoms with Gasteiger partial charge in [0.1, 0.15) is 11.6 Å². The second kappa shape index (κ2) is 7.01. The highest BCUT2D eigenvalue weighted by Crippen LogP contribution is 2.67. The fourth-order valence-electron chi connectivity index (χ4n) is 3.99. The molecule has 3 saturated carbocycles. The fraction of sp³-hybridized carbons (Fsp3) is 0.368. The molecule has 0 aliphatic heterocycles. The summed E-state index contributed by atoms with van der Waals surface area (Å²) in [7, 11) is 0. The van der Waals surface area contributed by atoms with Gasteiger partial charge in [0.2, 0.25) is 5.91 Å². The summed E-state index contributed by atoms with van der Waals surface area (Å²) >= 11 is 5.61. The van der Waals surface area contributed by atoms with E-state index in [1.54, 1.807) is 18.3 Å². The van der Waals surface area contributed by atoms with E-state index in [1.165, 1.54) is 12.1 Å². The molecule has 3 fully saturated rings. The Hall–Kier alpha value is -2.74. The van der Waals surface area contributed by atoms with Crippen LogP contribution in [-0.4, -0.2) is 34.2 Å². The Kier molecular flexibility index (Phi) is 4.66. The summed E-state index contributed by atoms with van der Waals surface area (Å²) < 4.78 is 18.7. The summed E-state index contributed by atoms with van der Waals surface area (Å²) in [5.74, 6) is -0.700. The molecule has 0 spiro atoms. The summed E-state index contributed by atoms with van der Waals surface area (Å²) in [5.41, 5.74) is -0.0492. The van der Waals surface area contributed by atoms with Gasteiger partial charge in [0.25, 0.3) is 5.91 Å². The molecule has 1 aromatic heterocycles. The van der Waals surface area contributed by atoms with Crippen LogP contribution < -0.4 is 15.4 Å². The summed E-state index contributed by atoms with van der Waals surface area (Å²) in [6.45, 7) is 0.105. The quantitative estimate of drug-likeness (QED) is 0.736. The number of ether oxygens (including phenoxy) is 1. The van der Waals surface area contributed by atoms with Crippen LogP contribution in [0.1, 0.15) is 25.0 Å². The van der Waals surface area contributed by atoms with Gasteiger partial charge >= 0.3 is 0 Å². The monoisotopic (exact) mass is 404 g/mol. The second-order valence-electron chi connectivity index (χ2n) is 7.40. The van der Waals surface area contributed by atoms with Crippen LogP contribution in [0.25, 0.3) is 0 Å². The van der Waals surface area contributed by atoms with Crippen LogP contribution in [0, 0.1) is 11.2 Å². The number of benzene rings is 1. The lowest BCUT2D eigenvalue weighted by Gasteiger charge is -2.69. The maximum Gasteiger partial charge on any atom is 0.258 e. The van der Waals surface area contributed by atoms with Gasteiger partial charge in [-0.25, -0.2) is 4.39 Å². The lowest BCUT2D eigenvalue weighted by atomic mass is 9.39. The van der Waals surface area contributed by atoms with Gasteiger partial charge in [0.05, 0.1) is 22.7 Å². The van der Waals surface area contributed by atoms with Crippen molar-refractivity contribution >= 4 is 23.4 Å². The Morgan fingerprint density at radius 3 is 2.71 bits per heavy atom. The molecule has 0 radical (unpaired) electrons. The van der Waals surface area contributed by atoms with Crippen LogP contribution in [0.5, 0.6) is 5.75 Å². The van der Waals surface area contributed by atoms with Crippen LogP contribution in [0.4, 0.5) is 4.39 Å². The van der Waals surface area contributed by atoms with Crippen molar-refractivity contribution in [2.45, 2.75) is 31.3 Å². The van der Waals surface area contributed by atoms with Gasteiger partial charge in [-0.1, -0.05) is 11.6 Å². The van der Waals surface area contributed by atoms with E-state index in [-0.39, 0.29) is 34.7 Å². The number of rotatable bonds is 7. The Bertz CT molecular complexity index is 905. The lowest BCUT2D eigenvalue weighted by molar-refractivity contribution is -0.184. The highest BCUT2D eigenvalue weighted by atomic mass is 35.5. The van der Waals surface area contributed by atoms with Gasteiger partial charge in [0, 0.05) is 17.8 Å². The average molecular weight is 405 g/mol. The zero-order valence-electron chi connectivity index (χ0n) is 14.9. The maximum absolute atomic E-state index is 13.4. The van der Waals surface area contributed by atoms with E-state index in [0.29, 0.717) is 31.5 Å². The zero-order valence-corrected chi connectivity index (χ0v) is 15.6. The van der Waals surface area contributed by atoms with Crippen molar-refractivity contribution in [3.63, 3.8) is 0 Å². The third kappa shape index (κ3) is 3.52. The molecule has 5 rings (SSSR count). The first-order valence-corrected chi connectivity index (χ1v) is 9.21. The minimum atomic E-state index is -0.603. The van der Waals surface area contributed by atoms with Crippen LogP contribution in [0.3, 0.4) is 0 Å². The van der Waals surface area contributed by atoms with E-state index < -0.39 is 11.2 Å².